The van der Waals surface area contributed by atoms with Crippen LogP contribution < -0.4 is 0 Å². The van der Waals surface area contributed by atoms with Gasteiger partial charge in [0, 0.05) is 17.4 Å². The van der Waals surface area contributed by atoms with Gasteiger partial charge in [0.2, 0.25) is 0 Å². The third kappa shape index (κ3) is 3.35. The van der Waals surface area contributed by atoms with Gasteiger partial charge in [0.1, 0.15) is 24.4 Å². The van der Waals surface area contributed by atoms with Crippen LogP contribution in [-0.2, 0) is 23.7 Å². The zero-order valence-corrected chi connectivity index (χ0v) is 12.9. The number of nitrogens with zero attached hydrogens (tertiary/aromatic N) is 3. The van der Waals surface area contributed by atoms with Gasteiger partial charge in [-0.05, 0) is 5.53 Å². The van der Waals surface area contributed by atoms with Gasteiger partial charge < -0.3 is 24.1 Å². The Bertz CT molecular complexity index is 635. The molecule has 0 bridgehead atoms. The minimum absolute atomic E-state index is 0.141. The molecule has 9 heteroatoms. The van der Waals surface area contributed by atoms with Crippen molar-refractivity contribution in [3.63, 3.8) is 0 Å². The number of hydrogen-bond donors (Lipinski definition) is 1. The molecule has 0 aliphatic carbocycles. The van der Waals surface area contributed by atoms with Crippen LogP contribution in [0.4, 0.5) is 0 Å². The maximum absolute atomic E-state index is 11.4. The third-order valence-corrected chi connectivity index (χ3v) is 3.88. The van der Waals surface area contributed by atoms with Gasteiger partial charge in [0.15, 0.2) is 12.6 Å². The van der Waals surface area contributed by atoms with E-state index < -0.39 is 42.9 Å². The summed E-state index contributed by atoms with van der Waals surface area (Å²) >= 11 is 0. The number of azide groups is 1. The van der Waals surface area contributed by atoms with Crippen LogP contribution in [-0.4, -0.2) is 48.3 Å². The van der Waals surface area contributed by atoms with Crippen molar-refractivity contribution in [2.45, 2.75) is 43.9 Å². The second-order valence-corrected chi connectivity index (χ2v) is 5.51. The summed E-state index contributed by atoms with van der Waals surface area (Å²) in [6.07, 6.45) is -4.42. The fraction of sp³-hybridized carbons (Fsp3) is 0.533. The Hall–Kier alpha value is -2.16. The first-order chi connectivity index (χ1) is 11.6. The summed E-state index contributed by atoms with van der Waals surface area (Å²) in [7, 11) is 0. The first-order valence-corrected chi connectivity index (χ1v) is 7.47. The van der Waals surface area contributed by atoms with Crippen LogP contribution in [0, 0.1) is 0 Å². The highest BCUT2D eigenvalue weighted by molar-refractivity contribution is 5.66. The Balaban J connectivity index is 1.86. The summed E-state index contributed by atoms with van der Waals surface area (Å²) in [6.45, 7) is 1.38. The molecule has 9 nitrogen and oxygen atoms in total. The van der Waals surface area contributed by atoms with Gasteiger partial charge >= 0.3 is 5.97 Å². The van der Waals surface area contributed by atoms with Crippen molar-refractivity contribution in [3.8, 4) is 0 Å². The first-order valence-electron chi connectivity index (χ1n) is 7.47. The van der Waals surface area contributed by atoms with Crippen molar-refractivity contribution in [1.82, 2.24) is 0 Å². The maximum Gasteiger partial charge on any atom is 0.303 e. The number of carbonyl (C=O) groups excluding carboxylic acids is 1. The lowest BCUT2D eigenvalue weighted by molar-refractivity contribution is -0.336. The van der Waals surface area contributed by atoms with Crippen LogP contribution in [0.15, 0.2) is 35.4 Å². The molecule has 0 radical (unpaired) electrons. The quantitative estimate of drug-likeness (QED) is 0.386. The average Bonchev–Trinajstić information content (AvgIpc) is 2.58. The van der Waals surface area contributed by atoms with Crippen LogP contribution >= 0.6 is 0 Å². The average molecular weight is 335 g/mol. The van der Waals surface area contributed by atoms with Gasteiger partial charge in [-0.25, -0.2) is 0 Å². The minimum Gasteiger partial charge on any atom is -0.459 e. The monoisotopic (exact) mass is 335 g/mol. The largest absolute Gasteiger partial charge is 0.459 e. The molecule has 2 fully saturated rings. The summed E-state index contributed by atoms with van der Waals surface area (Å²) in [4.78, 5) is 14.1. The molecule has 2 aliphatic rings. The van der Waals surface area contributed by atoms with E-state index in [9.17, 15) is 9.90 Å². The number of rotatable bonds is 3. The SMILES string of the molecule is CC(=O)O[C@@H]1[C@@H](N=[N+]=[N-])[C@H](O)O[C@@H]2COC(c3ccccc3)O[C@@H]12. The molecular weight excluding hydrogens is 318 g/mol. The molecule has 0 aromatic heterocycles. The van der Waals surface area contributed by atoms with E-state index in [0.717, 1.165) is 5.56 Å². The molecule has 0 spiro atoms. The van der Waals surface area contributed by atoms with Crippen molar-refractivity contribution in [1.29, 1.82) is 0 Å². The van der Waals surface area contributed by atoms with Crippen LogP contribution in [0.3, 0.4) is 0 Å². The van der Waals surface area contributed by atoms with Crippen LogP contribution in [0.1, 0.15) is 18.8 Å². The van der Waals surface area contributed by atoms with Gasteiger partial charge in [-0.3, -0.25) is 4.79 Å². The Morgan fingerprint density at radius 3 is 2.79 bits per heavy atom. The molecule has 1 N–H and O–H groups in total. The fourth-order valence-corrected chi connectivity index (χ4v) is 2.86. The Morgan fingerprint density at radius 1 is 1.38 bits per heavy atom. The van der Waals surface area contributed by atoms with Crippen molar-refractivity contribution >= 4 is 5.97 Å². The molecule has 2 aliphatic heterocycles. The molecule has 128 valence electrons. The minimum atomic E-state index is -1.41. The number of fused-ring (bicyclic) bond motifs is 1. The Labute approximate surface area is 137 Å². The van der Waals surface area contributed by atoms with E-state index in [1.807, 2.05) is 30.3 Å². The van der Waals surface area contributed by atoms with E-state index in [-0.39, 0.29) is 6.61 Å². The standard InChI is InChI=1S/C15H17N3O6/c1-8(19)22-13-11(17-18-16)14(20)23-10-7-21-15(24-12(10)13)9-5-3-2-4-6-9/h2-6,10-15,20H,7H2,1H3/t10-,11-,12-,13-,14-,15?/m1/s1. The molecule has 24 heavy (non-hydrogen) atoms. The Morgan fingerprint density at radius 2 is 2.12 bits per heavy atom. The van der Waals surface area contributed by atoms with Crippen molar-refractivity contribution in [2.24, 2.45) is 5.11 Å². The molecule has 0 saturated carbocycles. The zero-order chi connectivity index (χ0) is 17.1. The van der Waals surface area contributed by atoms with Gasteiger partial charge in [-0.1, -0.05) is 35.4 Å². The first kappa shape index (κ1) is 16.7. The third-order valence-electron chi connectivity index (χ3n) is 3.88. The summed E-state index contributed by atoms with van der Waals surface area (Å²) < 4.78 is 22.2. The van der Waals surface area contributed by atoms with Crippen LogP contribution in [0.5, 0.6) is 0 Å². The number of aliphatic hydroxyl groups is 1. The van der Waals surface area contributed by atoms with E-state index in [0.29, 0.717) is 0 Å². The highest BCUT2D eigenvalue weighted by Crippen LogP contribution is 2.35. The predicted octanol–water partition coefficient (Wildman–Crippen LogP) is 1.43. The van der Waals surface area contributed by atoms with Gasteiger partial charge in [0.05, 0.1) is 6.61 Å². The molecule has 0 amide bonds. The van der Waals surface area contributed by atoms with Crippen molar-refractivity contribution in [3.05, 3.63) is 46.3 Å². The molecule has 2 saturated heterocycles. The zero-order valence-electron chi connectivity index (χ0n) is 12.9. The highest BCUT2D eigenvalue weighted by Gasteiger charge is 2.51. The Kier molecular flexibility index (Phi) is 4.98. The molecule has 1 aromatic rings. The number of hydrogen-bond acceptors (Lipinski definition) is 7. The van der Waals surface area contributed by atoms with E-state index in [4.69, 9.17) is 24.5 Å². The molecule has 2 heterocycles. The lowest BCUT2D eigenvalue weighted by Gasteiger charge is -2.46. The van der Waals surface area contributed by atoms with Gasteiger partial charge in [0.25, 0.3) is 0 Å². The summed E-state index contributed by atoms with van der Waals surface area (Å²) in [5.41, 5.74) is 9.50. The number of carbonyl (C=O) groups is 1. The molecule has 6 atom stereocenters. The fourth-order valence-electron chi connectivity index (χ4n) is 2.86. The molecule has 1 aromatic carbocycles. The topological polar surface area (TPSA) is 123 Å². The maximum atomic E-state index is 11.4. The van der Waals surface area contributed by atoms with Crippen LogP contribution in [0.25, 0.3) is 10.4 Å². The number of ether oxygens (including phenoxy) is 4. The van der Waals surface area contributed by atoms with Crippen LogP contribution in [0.2, 0.25) is 0 Å². The predicted molar refractivity (Wildman–Crippen MR) is 79.4 cm³/mol. The lowest BCUT2D eigenvalue weighted by Crippen LogP contribution is -2.62. The highest BCUT2D eigenvalue weighted by atomic mass is 16.7. The number of benzene rings is 1. The molecule has 1 unspecified atom stereocenters. The van der Waals surface area contributed by atoms with E-state index in [2.05, 4.69) is 10.0 Å². The summed E-state index contributed by atoms with van der Waals surface area (Å²) in [5, 5.41) is 13.5. The van der Waals surface area contributed by atoms with Gasteiger partial charge in [-0.2, -0.15) is 0 Å². The van der Waals surface area contributed by atoms with Gasteiger partial charge in [-0.15, -0.1) is 0 Å². The summed E-state index contributed by atoms with van der Waals surface area (Å²) in [6, 6.07) is 8.15. The second-order valence-electron chi connectivity index (χ2n) is 5.51. The van der Waals surface area contributed by atoms with Crippen molar-refractivity contribution in [2.75, 3.05) is 6.61 Å². The van der Waals surface area contributed by atoms with E-state index in [1.54, 1.807) is 0 Å². The normalized spacial score (nSPS) is 35.4. The molecular formula is C15H17N3O6. The van der Waals surface area contributed by atoms with E-state index >= 15 is 0 Å². The molecule has 3 rings (SSSR count). The smallest absolute Gasteiger partial charge is 0.303 e. The van der Waals surface area contributed by atoms with E-state index in [1.165, 1.54) is 6.92 Å². The number of esters is 1. The lowest BCUT2D eigenvalue weighted by atomic mass is 9.96. The second kappa shape index (κ2) is 7.16. The number of aliphatic hydroxyl groups excluding tert-OH is 1. The van der Waals surface area contributed by atoms with Crippen molar-refractivity contribution < 1.29 is 28.8 Å². The summed E-state index contributed by atoms with van der Waals surface area (Å²) in [5.74, 6) is -0.572.